The number of nitrogens with one attached hydrogen (secondary N) is 2. The molecular weight excluding hydrogens is 270 g/mol. The highest BCUT2D eigenvalue weighted by Gasteiger charge is 2.03. The van der Waals surface area contributed by atoms with Crippen LogP contribution in [0, 0.1) is 0 Å². The molecular formula is C15H25N3O3. The molecule has 0 heterocycles. The molecule has 0 bridgehead atoms. The first-order valence-electron chi connectivity index (χ1n) is 7.17. The Balaban J connectivity index is 2.36. The van der Waals surface area contributed by atoms with Crippen LogP contribution in [0.2, 0.25) is 0 Å². The minimum atomic E-state index is -0.289. The van der Waals surface area contributed by atoms with Crippen molar-refractivity contribution >= 4 is 17.4 Å². The summed E-state index contributed by atoms with van der Waals surface area (Å²) in [6.07, 6.45) is 0. The number of carbonyl (C=O) groups excluding carboxylic acids is 1. The molecule has 0 fully saturated rings. The van der Waals surface area contributed by atoms with Crippen LogP contribution in [0.25, 0.3) is 0 Å². The van der Waals surface area contributed by atoms with E-state index in [2.05, 4.69) is 29.4 Å². The van der Waals surface area contributed by atoms with Crippen LogP contribution in [0.3, 0.4) is 0 Å². The molecule has 0 atom stereocenters. The van der Waals surface area contributed by atoms with E-state index in [0.717, 1.165) is 24.5 Å². The lowest BCUT2D eigenvalue weighted by Crippen LogP contribution is -2.31. The average Bonchev–Trinajstić information content (AvgIpc) is 2.50. The molecule has 118 valence electrons. The van der Waals surface area contributed by atoms with Gasteiger partial charge in [0.15, 0.2) is 0 Å². The molecule has 2 N–H and O–H groups in total. The minimum absolute atomic E-state index is 0.159. The first kappa shape index (κ1) is 17.3. The highest BCUT2D eigenvalue weighted by molar-refractivity contribution is 5.89. The van der Waals surface area contributed by atoms with Crippen molar-refractivity contribution in [2.24, 2.45) is 0 Å². The number of benzene rings is 1. The molecule has 0 saturated carbocycles. The number of urea groups is 1. The Morgan fingerprint density at radius 1 is 1.14 bits per heavy atom. The maximum Gasteiger partial charge on any atom is 0.321 e. The molecule has 1 aromatic carbocycles. The average molecular weight is 295 g/mol. The molecule has 0 aliphatic rings. The van der Waals surface area contributed by atoms with Crippen molar-refractivity contribution in [1.82, 2.24) is 5.32 Å². The molecule has 6 nitrogen and oxygen atoms in total. The summed E-state index contributed by atoms with van der Waals surface area (Å²) in [5.41, 5.74) is 1.90. The van der Waals surface area contributed by atoms with Crippen LogP contribution in [-0.4, -0.2) is 46.2 Å². The lowest BCUT2D eigenvalue weighted by Gasteiger charge is -2.21. The SMILES string of the molecule is CCN(CC)c1ccc(NC(=O)NCOCCOC)cc1. The third-order valence-corrected chi connectivity index (χ3v) is 3.02. The summed E-state index contributed by atoms with van der Waals surface area (Å²) in [4.78, 5) is 13.9. The monoisotopic (exact) mass is 295 g/mol. The normalized spacial score (nSPS) is 10.2. The number of nitrogens with zero attached hydrogens (tertiary/aromatic N) is 1. The highest BCUT2D eigenvalue weighted by Crippen LogP contribution is 2.17. The van der Waals surface area contributed by atoms with Gasteiger partial charge in [-0.1, -0.05) is 0 Å². The Morgan fingerprint density at radius 2 is 1.81 bits per heavy atom. The topological polar surface area (TPSA) is 62.8 Å². The van der Waals surface area contributed by atoms with Crippen LogP contribution < -0.4 is 15.5 Å². The number of methoxy groups -OCH3 is 1. The van der Waals surface area contributed by atoms with Gasteiger partial charge in [0, 0.05) is 31.6 Å². The Hall–Kier alpha value is -1.79. The first-order chi connectivity index (χ1) is 10.2. The number of carbonyl (C=O) groups is 1. The van der Waals surface area contributed by atoms with Gasteiger partial charge < -0.3 is 25.0 Å². The third-order valence-electron chi connectivity index (χ3n) is 3.02. The van der Waals surface area contributed by atoms with Crippen LogP contribution in [0.5, 0.6) is 0 Å². The van der Waals surface area contributed by atoms with E-state index in [-0.39, 0.29) is 12.8 Å². The molecule has 0 spiro atoms. The maximum atomic E-state index is 11.6. The lowest BCUT2D eigenvalue weighted by atomic mass is 10.2. The van der Waals surface area contributed by atoms with E-state index in [4.69, 9.17) is 9.47 Å². The van der Waals surface area contributed by atoms with Crippen molar-refractivity contribution in [2.75, 3.05) is 50.4 Å². The van der Waals surface area contributed by atoms with Crippen LogP contribution in [0.4, 0.5) is 16.2 Å². The van der Waals surface area contributed by atoms with Crippen LogP contribution in [0.15, 0.2) is 24.3 Å². The van der Waals surface area contributed by atoms with Gasteiger partial charge in [-0.2, -0.15) is 0 Å². The van der Waals surface area contributed by atoms with Gasteiger partial charge in [-0.15, -0.1) is 0 Å². The minimum Gasteiger partial charge on any atom is -0.382 e. The van der Waals surface area contributed by atoms with Gasteiger partial charge in [0.1, 0.15) is 6.73 Å². The van der Waals surface area contributed by atoms with E-state index < -0.39 is 0 Å². The van der Waals surface area contributed by atoms with E-state index in [1.54, 1.807) is 7.11 Å². The zero-order valence-corrected chi connectivity index (χ0v) is 13.0. The molecule has 0 saturated heterocycles. The predicted octanol–water partition coefficient (Wildman–Crippen LogP) is 2.27. The second-order valence-electron chi connectivity index (χ2n) is 4.40. The summed E-state index contributed by atoms with van der Waals surface area (Å²) in [6.45, 7) is 7.28. The van der Waals surface area contributed by atoms with Crippen LogP contribution in [0.1, 0.15) is 13.8 Å². The van der Waals surface area contributed by atoms with Crippen molar-refractivity contribution in [3.05, 3.63) is 24.3 Å². The van der Waals surface area contributed by atoms with Gasteiger partial charge in [0.25, 0.3) is 0 Å². The zero-order chi connectivity index (χ0) is 15.5. The van der Waals surface area contributed by atoms with E-state index >= 15 is 0 Å². The van der Waals surface area contributed by atoms with Crippen molar-refractivity contribution in [3.63, 3.8) is 0 Å². The number of hydrogen-bond acceptors (Lipinski definition) is 4. The molecule has 1 aromatic rings. The highest BCUT2D eigenvalue weighted by atomic mass is 16.5. The fourth-order valence-electron chi connectivity index (χ4n) is 1.85. The lowest BCUT2D eigenvalue weighted by molar-refractivity contribution is 0.0650. The second kappa shape index (κ2) is 10.0. The van der Waals surface area contributed by atoms with E-state index in [9.17, 15) is 4.79 Å². The van der Waals surface area contributed by atoms with Crippen LogP contribution >= 0.6 is 0 Å². The van der Waals surface area contributed by atoms with Gasteiger partial charge in [0.2, 0.25) is 0 Å². The fraction of sp³-hybridized carbons (Fsp3) is 0.533. The molecule has 0 unspecified atom stereocenters. The fourth-order valence-corrected chi connectivity index (χ4v) is 1.85. The summed E-state index contributed by atoms with van der Waals surface area (Å²) in [6, 6.07) is 7.48. The Labute approximate surface area is 126 Å². The number of ether oxygens (including phenoxy) is 2. The Morgan fingerprint density at radius 3 is 2.38 bits per heavy atom. The largest absolute Gasteiger partial charge is 0.382 e. The quantitative estimate of drug-likeness (QED) is 0.542. The Kier molecular flexibility index (Phi) is 8.23. The molecule has 0 radical (unpaired) electrons. The molecule has 21 heavy (non-hydrogen) atoms. The summed E-state index contributed by atoms with van der Waals surface area (Å²) in [7, 11) is 1.60. The second-order valence-corrected chi connectivity index (χ2v) is 4.40. The molecule has 0 aliphatic heterocycles. The molecule has 0 aromatic heterocycles. The van der Waals surface area contributed by atoms with Gasteiger partial charge in [-0.3, -0.25) is 0 Å². The van der Waals surface area contributed by atoms with Gasteiger partial charge in [-0.05, 0) is 38.1 Å². The summed E-state index contributed by atoms with van der Waals surface area (Å²) < 4.78 is 9.99. The molecule has 0 aliphatic carbocycles. The van der Waals surface area contributed by atoms with Crippen LogP contribution in [-0.2, 0) is 9.47 Å². The van der Waals surface area contributed by atoms with Crippen molar-refractivity contribution in [2.45, 2.75) is 13.8 Å². The zero-order valence-electron chi connectivity index (χ0n) is 13.0. The third kappa shape index (κ3) is 6.46. The first-order valence-corrected chi connectivity index (χ1v) is 7.17. The van der Waals surface area contributed by atoms with Gasteiger partial charge in [0.05, 0.1) is 13.2 Å². The summed E-state index contributed by atoms with van der Waals surface area (Å²) in [5, 5.41) is 5.37. The molecule has 6 heteroatoms. The molecule has 2 amide bonds. The maximum absolute atomic E-state index is 11.6. The predicted molar refractivity (Wildman–Crippen MR) is 84.9 cm³/mol. The standard InChI is InChI=1S/C15H25N3O3/c1-4-18(5-2)14-8-6-13(7-9-14)17-15(19)16-12-21-11-10-20-3/h6-9H,4-5,10-12H2,1-3H3,(H2,16,17,19). The summed E-state index contributed by atoms with van der Waals surface area (Å²) >= 11 is 0. The van der Waals surface area contributed by atoms with Gasteiger partial charge >= 0.3 is 6.03 Å². The van der Waals surface area contributed by atoms with E-state index in [1.165, 1.54) is 0 Å². The number of hydrogen-bond donors (Lipinski definition) is 2. The van der Waals surface area contributed by atoms with Crippen molar-refractivity contribution < 1.29 is 14.3 Å². The number of anilines is 2. The van der Waals surface area contributed by atoms with Gasteiger partial charge in [-0.25, -0.2) is 4.79 Å². The number of rotatable bonds is 9. The van der Waals surface area contributed by atoms with Crippen molar-refractivity contribution in [3.8, 4) is 0 Å². The molecule has 1 rings (SSSR count). The van der Waals surface area contributed by atoms with E-state index in [0.29, 0.717) is 13.2 Å². The Bertz CT molecular complexity index is 405. The summed E-state index contributed by atoms with van der Waals surface area (Å²) in [5.74, 6) is 0. The number of amides is 2. The van der Waals surface area contributed by atoms with Crippen molar-refractivity contribution in [1.29, 1.82) is 0 Å². The smallest absolute Gasteiger partial charge is 0.321 e. The van der Waals surface area contributed by atoms with E-state index in [1.807, 2.05) is 24.3 Å².